The van der Waals surface area contributed by atoms with Crippen molar-refractivity contribution in [3.05, 3.63) is 59.3 Å². The van der Waals surface area contributed by atoms with E-state index in [9.17, 15) is 0 Å². The molecule has 1 heterocycles. The second kappa shape index (κ2) is 7.57. The third kappa shape index (κ3) is 4.12. The highest BCUT2D eigenvalue weighted by Crippen LogP contribution is 2.26. The number of benzene rings is 2. The quantitative estimate of drug-likeness (QED) is 0.598. The minimum Gasteiger partial charge on any atom is -0.497 e. The maximum absolute atomic E-state index is 5.38. The first-order valence-electron chi connectivity index (χ1n) is 8.33. The van der Waals surface area contributed by atoms with Gasteiger partial charge in [-0.15, -0.1) is 0 Å². The smallest absolute Gasteiger partial charge is 0.170 e. The lowest BCUT2D eigenvalue weighted by Gasteiger charge is -2.11. The zero-order valence-corrected chi connectivity index (χ0v) is 15.6. The van der Waals surface area contributed by atoms with Crippen molar-refractivity contribution < 1.29 is 4.74 Å². The van der Waals surface area contributed by atoms with Gasteiger partial charge in [0.1, 0.15) is 5.75 Å². The van der Waals surface area contributed by atoms with Crippen LogP contribution in [0.3, 0.4) is 0 Å². The van der Waals surface area contributed by atoms with E-state index in [2.05, 4.69) is 53.7 Å². The van der Waals surface area contributed by atoms with Crippen LogP contribution in [-0.2, 0) is 6.42 Å². The van der Waals surface area contributed by atoms with Crippen molar-refractivity contribution in [2.24, 2.45) is 0 Å². The molecule has 0 bridgehead atoms. The summed E-state index contributed by atoms with van der Waals surface area (Å²) < 4.78 is 5.34. The number of thiocarbonyl (C=S) groups is 1. The zero-order valence-electron chi connectivity index (χ0n) is 14.8. The lowest BCUT2D eigenvalue weighted by atomic mass is 10.1. The van der Waals surface area contributed by atoms with Crippen LogP contribution in [0.2, 0.25) is 0 Å². The molecule has 3 N–H and O–H groups in total. The molecule has 0 radical (unpaired) electrons. The van der Waals surface area contributed by atoms with Gasteiger partial charge in [-0.2, -0.15) is 0 Å². The van der Waals surface area contributed by atoms with E-state index in [1.165, 1.54) is 22.2 Å². The summed E-state index contributed by atoms with van der Waals surface area (Å²) in [6.45, 7) is 4.94. The van der Waals surface area contributed by atoms with Crippen LogP contribution in [0, 0.1) is 13.8 Å². The first-order chi connectivity index (χ1) is 12.1. The van der Waals surface area contributed by atoms with Crippen molar-refractivity contribution in [3.63, 3.8) is 0 Å². The van der Waals surface area contributed by atoms with Crippen molar-refractivity contribution in [1.29, 1.82) is 0 Å². The van der Waals surface area contributed by atoms with E-state index in [1.807, 2.05) is 18.2 Å². The van der Waals surface area contributed by atoms with Crippen molar-refractivity contribution in [1.82, 2.24) is 10.3 Å². The van der Waals surface area contributed by atoms with E-state index >= 15 is 0 Å². The molecule has 4 nitrogen and oxygen atoms in total. The molecule has 25 heavy (non-hydrogen) atoms. The molecule has 0 saturated heterocycles. The summed E-state index contributed by atoms with van der Waals surface area (Å²) in [4.78, 5) is 3.43. The van der Waals surface area contributed by atoms with Gasteiger partial charge in [-0.05, 0) is 68.4 Å². The Hall–Kier alpha value is -2.53. The number of aromatic amines is 1. The predicted molar refractivity (Wildman–Crippen MR) is 109 cm³/mol. The number of ether oxygens (including phenoxy) is 1. The molecule has 3 aromatic rings. The van der Waals surface area contributed by atoms with Crippen LogP contribution in [-0.4, -0.2) is 23.8 Å². The van der Waals surface area contributed by atoms with Crippen molar-refractivity contribution in [2.75, 3.05) is 19.0 Å². The van der Waals surface area contributed by atoms with Crippen LogP contribution in [0.15, 0.2) is 42.5 Å². The molecular weight excluding hydrogens is 330 g/mol. The summed E-state index contributed by atoms with van der Waals surface area (Å²) in [7, 11) is 1.69. The van der Waals surface area contributed by atoms with Crippen molar-refractivity contribution in [3.8, 4) is 5.75 Å². The Kier molecular flexibility index (Phi) is 5.24. The summed E-state index contributed by atoms with van der Waals surface area (Å²) in [5, 5.41) is 8.33. The second-order valence-electron chi connectivity index (χ2n) is 6.14. The first kappa shape index (κ1) is 17.3. The number of H-pyrrole nitrogens is 1. The number of aromatic nitrogens is 1. The molecule has 0 atom stereocenters. The second-order valence-corrected chi connectivity index (χ2v) is 6.55. The van der Waals surface area contributed by atoms with Gasteiger partial charge in [0, 0.05) is 28.8 Å². The number of rotatable bonds is 5. The predicted octanol–water partition coefficient (Wildman–Crippen LogP) is 4.32. The molecule has 0 saturated carbocycles. The van der Waals surface area contributed by atoms with Crippen LogP contribution in [0.4, 0.5) is 5.69 Å². The molecule has 5 heteroatoms. The fourth-order valence-corrected chi connectivity index (χ4v) is 3.14. The van der Waals surface area contributed by atoms with Gasteiger partial charge in [-0.3, -0.25) is 0 Å². The molecule has 0 fully saturated rings. The monoisotopic (exact) mass is 353 g/mol. The van der Waals surface area contributed by atoms with Gasteiger partial charge in [-0.25, -0.2) is 0 Å². The zero-order chi connectivity index (χ0) is 17.8. The van der Waals surface area contributed by atoms with E-state index in [-0.39, 0.29) is 0 Å². The number of methoxy groups -OCH3 is 1. The minimum absolute atomic E-state index is 0.638. The topological polar surface area (TPSA) is 49.1 Å². The first-order valence-corrected chi connectivity index (χ1v) is 8.74. The van der Waals surface area contributed by atoms with Gasteiger partial charge in [0.05, 0.1) is 7.11 Å². The Labute approximate surface area is 153 Å². The van der Waals surface area contributed by atoms with Gasteiger partial charge < -0.3 is 20.4 Å². The molecule has 0 aliphatic heterocycles. The Morgan fingerprint density at radius 1 is 1.12 bits per heavy atom. The molecule has 1 aromatic heterocycles. The van der Waals surface area contributed by atoms with E-state index in [1.54, 1.807) is 7.11 Å². The molecular formula is C20H23N3OS. The molecule has 0 aliphatic rings. The van der Waals surface area contributed by atoms with Crippen LogP contribution in [0.25, 0.3) is 10.9 Å². The number of hydrogen-bond acceptors (Lipinski definition) is 2. The Morgan fingerprint density at radius 2 is 1.88 bits per heavy atom. The molecule has 0 unspecified atom stereocenters. The Bertz CT molecular complexity index is 884. The molecule has 0 amide bonds. The molecule has 130 valence electrons. The number of nitrogens with one attached hydrogen (secondary N) is 3. The number of aryl methyl sites for hydroxylation is 2. The maximum Gasteiger partial charge on any atom is 0.170 e. The van der Waals surface area contributed by atoms with Crippen LogP contribution in [0.1, 0.15) is 16.8 Å². The van der Waals surface area contributed by atoms with Gasteiger partial charge in [0.2, 0.25) is 0 Å². The molecule has 2 aromatic carbocycles. The fourth-order valence-electron chi connectivity index (χ4n) is 2.92. The fraction of sp³-hybridized carbons (Fsp3) is 0.250. The van der Waals surface area contributed by atoms with E-state index in [0.29, 0.717) is 5.11 Å². The highest BCUT2D eigenvalue weighted by atomic mass is 32.1. The Morgan fingerprint density at radius 3 is 2.60 bits per heavy atom. The third-order valence-corrected chi connectivity index (χ3v) is 4.54. The van der Waals surface area contributed by atoms with Crippen molar-refractivity contribution in [2.45, 2.75) is 20.3 Å². The highest BCUT2D eigenvalue weighted by molar-refractivity contribution is 7.80. The van der Waals surface area contributed by atoms with Crippen molar-refractivity contribution >= 4 is 33.9 Å². The van der Waals surface area contributed by atoms with Crippen LogP contribution in [0.5, 0.6) is 5.75 Å². The summed E-state index contributed by atoms with van der Waals surface area (Å²) >= 11 is 5.38. The van der Waals surface area contributed by atoms with Gasteiger partial charge in [-0.1, -0.05) is 17.7 Å². The largest absolute Gasteiger partial charge is 0.497 e. The number of anilines is 1. The summed E-state index contributed by atoms with van der Waals surface area (Å²) in [5.74, 6) is 0.872. The van der Waals surface area contributed by atoms with Crippen LogP contribution >= 0.6 is 12.2 Å². The van der Waals surface area contributed by atoms with E-state index in [0.717, 1.165) is 29.9 Å². The SMILES string of the molecule is COc1ccc2[nH]c(C)c(CCNC(=S)Nc3ccc(C)cc3)c2c1. The Balaban J connectivity index is 1.61. The normalized spacial score (nSPS) is 10.7. The third-order valence-electron chi connectivity index (χ3n) is 4.30. The summed E-state index contributed by atoms with van der Waals surface area (Å²) in [5.41, 5.74) is 5.83. The lowest BCUT2D eigenvalue weighted by Crippen LogP contribution is -2.30. The maximum atomic E-state index is 5.38. The van der Waals surface area contributed by atoms with Gasteiger partial charge in [0.25, 0.3) is 0 Å². The average molecular weight is 353 g/mol. The molecule has 3 rings (SSSR count). The van der Waals surface area contributed by atoms with Gasteiger partial charge >= 0.3 is 0 Å². The standard InChI is InChI=1S/C20H23N3OS/c1-13-4-6-15(7-5-13)23-20(25)21-11-10-17-14(2)22-19-9-8-16(24-3)12-18(17)19/h4-9,12,22H,10-11H2,1-3H3,(H2,21,23,25). The average Bonchev–Trinajstić information content (AvgIpc) is 2.92. The van der Waals surface area contributed by atoms with E-state index in [4.69, 9.17) is 17.0 Å². The summed E-state index contributed by atoms with van der Waals surface area (Å²) in [6, 6.07) is 14.3. The number of fused-ring (bicyclic) bond motifs is 1. The highest BCUT2D eigenvalue weighted by Gasteiger charge is 2.09. The molecule has 0 spiro atoms. The number of hydrogen-bond donors (Lipinski definition) is 3. The lowest BCUT2D eigenvalue weighted by molar-refractivity contribution is 0.415. The summed E-state index contributed by atoms with van der Waals surface area (Å²) in [6.07, 6.45) is 0.884. The molecule has 0 aliphatic carbocycles. The van der Waals surface area contributed by atoms with Gasteiger partial charge in [0.15, 0.2) is 5.11 Å². The van der Waals surface area contributed by atoms with Crippen LogP contribution < -0.4 is 15.4 Å². The van der Waals surface area contributed by atoms with E-state index < -0.39 is 0 Å². The minimum atomic E-state index is 0.638.